The first-order valence-electron chi connectivity index (χ1n) is 2.00. The summed E-state index contributed by atoms with van der Waals surface area (Å²) in [6.07, 6.45) is -0.577. The predicted octanol–water partition coefficient (Wildman–Crippen LogP) is -0.721. The molecule has 0 heterocycles. The molecular formula is C3H8N2O3. The highest BCUT2D eigenvalue weighted by molar-refractivity contribution is 5.66. The van der Waals surface area contributed by atoms with Crippen LogP contribution in [0.3, 0.4) is 0 Å². The number of amides is 1. The van der Waals surface area contributed by atoms with E-state index in [4.69, 9.17) is 5.21 Å². The molecule has 48 valence electrons. The van der Waals surface area contributed by atoms with Crippen LogP contribution in [-0.2, 0) is 4.74 Å². The van der Waals surface area contributed by atoms with E-state index in [1.807, 2.05) is 0 Å². The molecule has 0 rings (SSSR count). The third-order valence-corrected chi connectivity index (χ3v) is 0.497. The first kappa shape index (κ1) is 7.19. The third-order valence-electron chi connectivity index (χ3n) is 0.497. The molecule has 0 unspecified atom stereocenters. The number of carbonyl (C=O) groups is 1. The molecule has 0 aliphatic heterocycles. The van der Waals surface area contributed by atoms with Crippen molar-refractivity contribution in [2.24, 2.45) is 0 Å². The molecule has 8 heavy (non-hydrogen) atoms. The number of alkyl carbamates (subject to hydrolysis) is 1. The lowest BCUT2D eigenvalue weighted by molar-refractivity contribution is 0.138. The fourth-order valence-electron chi connectivity index (χ4n) is 0.184. The molecule has 1 amide bonds. The van der Waals surface area contributed by atoms with E-state index in [-0.39, 0.29) is 6.67 Å². The molecule has 0 radical (unpaired) electrons. The number of nitrogens with one attached hydrogen (secondary N) is 2. The van der Waals surface area contributed by atoms with Crippen molar-refractivity contribution in [1.82, 2.24) is 10.8 Å². The average Bonchev–Trinajstić information content (AvgIpc) is 1.83. The molecule has 0 spiro atoms. The summed E-state index contributed by atoms with van der Waals surface area (Å²) in [5.74, 6) is 0. The molecule has 0 saturated carbocycles. The number of hydroxylamine groups is 1. The van der Waals surface area contributed by atoms with Crippen LogP contribution in [0.15, 0.2) is 0 Å². The summed E-state index contributed by atoms with van der Waals surface area (Å²) >= 11 is 0. The molecule has 0 aromatic heterocycles. The maximum Gasteiger partial charge on any atom is 0.407 e. The molecular weight excluding hydrogens is 112 g/mol. The number of carbonyl (C=O) groups excluding carboxylic acids is 1. The van der Waals surface area contributed by atoms with Crippen LogP contribution < -0.4 is 10.8 Å². The summed E-state index contributed by atoms with van der Waals surface area (Å²) in [6, 6.07) is 0. The van der Waals surface area contributed by atoms with Gasteiger partial charge in [0.15, 0.2) is 0 Å². The van der Waals surface area contributed by atoms with Crippen LogP contribution in [0.1, 0.15) is 0 Å². The lowest BCUT2D eigenvalue weighted by atomic mass is 11.0. The average molecular weight is 120 g/mol. The zero-order chi connectivity index (χ0) is 6.41. The van der Waals surface area contributed by atoms with Crippen molar-refractivity contribution in [3.05, 3.63) is 0 Å². The van der Waals surface area contributed by atoms with E-state index in [1.165, 1.54) is 7.11 Å². The molecule has 0 fully saturated rings. The standard InChI is InChI=1S/C3H8N2O3/c1-8-3(6)4-2-5-7/h5,7H,2H2,1H3,(H,4,6). The summed E-state index contributed by atoms with van der Waals surface area (Å²) in [4.78, 5) is 10.1. The van der Waals surface area contributed by atoms with Crippen LogP contribution in [-0.4, -0.2) is 25.1 Å². The van der Waals surface area contributed by atoms with Gasteiger partial charge in [0.2, 0.25) is 0 Å². The fraction of sp³-hybridized carbons (Fsp3) is 0.667. The maximum atomic E-state index is 10.1. The Labute approximate surface area is 46.6 Å². The van der Waals surface area contributed by atoms with Crippen molar-refractivity contribution in [3.8, 4) is 0 Å². The molecule has 0 aromatic rings. The number of ether oxygens (including phenoxy) is 1. The summed E-state index contributed by atoms with van der Waals surface area (Å²) in [7, 11) is 1.24. The van der Waals surface area contributed by atoms with E-state index in [0.29, 0.717) is 0 Å². The van der Waals surface area contributed by atoms with Crippen molar-refractivity contribution in [2.75, 3.05) is 13.8 Å². The Kier molecular flexibility index (Phi) is 3.91. The Bertz CT molecular complexity index is 74.9. The van der Waals surface area contributed by atoms with Gasteiger partial charge < -0.3 is 15.3 Å². The zero-order valence-electron chi connectivity index (χ0n) is 4.47. The monoisotopic (exact) mass is 120 g/mol. The van der Waals surface area contributed by atoms with Crippen LogP contribution >= 0.6 is 0 Å². The molecule has 0 aromatic carbocycles. The fourth-order valence-corrected chi connectivity index (χ4v) is 0.184. The van der Waals surface area contributed by atoms with Gasteiger partial charge in [0, 0.05) is 0 Å². The van der Waals surface area contributed by atoms with Gasteiger partial charge in [-0.05, 0) is 0 Å². The van der Waals surface area contributed by atoms with E-state index >= 15 is 0 Å². The Balaban J connectivity index is 2.99. The van der Waals surface area contributed by atoms with Gasteiger partial charge in [-0.15, -0.1) is 0 Å². The highest BCUT2D eigenvalue weighted by Crippen LogP contribution is 1.65. The summed E-state index contributed by atoms with van der Waals surface area (Å²) in [5, 5.41) is 10.1. The lowest BCUT2D eigenvalue weighted by Gasteiger charge is -1.98. The zero-order valence-corrected chi connectivity index (χ0v) is 4.47. The Morgan fingerprint density at radius 2 is 2.50 bits per heavy atom. The van der Waals surface area contributed by atoms with Gasteiger partial charge in [-0.25, -0.2) is 4.79 Å². The summed E-state index contributed by atoms with van der Waals surface area (Å²) < 4.78 is 4.15. The van der Waals surface area contributed by atoms with Gasteiger partial charge in [0.25, 0.3) is 0 Å². The summed E-state index contributed by atoms with van der Waals surface area (Å²) in [6.45, 7) is -0.00727. The largest absolute Gasteiger partial charge is 0.453 e. The van der Waals surface area contributed by atoms with E-state index < -0.39 is 6.09 Å². The molecule has 0 aliphatic carbocycles. The van der Waals surface area contributed by atoms with E-state index in [0.717, 1.165) is 0 Å². The van der Waals surface area contributed by atoms with Crippen LogP contribution in [0.25, 0.3) is 0 Å². The third kappa shape index (κ3) is 3.38. The normalized spacial score (nSPS) is 8.25. The van der Waals surface area contributed by atoms with Gasteiger partial charge in [0.05, 0.1) is 13.8 Å². The number of rotatable bonds is 2. The second-order valence-electron chi connectivity index (χ2n) is 1.00. The molecule has 0 saturated heterocycles. The van der Waals surface area contributed by atoms with E-state index in [1.54, 1.807) is 5.48 Å². The Morgan fingerprint density at radius 1 is 1.88 bits per heavy atom. The molecule has 5 heteroatoms. The van der Waals surface area contributed by atoms with Crippen molar-refractivity contribution in [1.29, 1.82) is 0 Å². The van der Waals surface area contributed by atoms with Crippen molar-refractivity contribution < 1.29 is 14.7 Å². The van der Waals surface area contributed by atoms with Crippen LogP contribution in [0, 0.1) is 0 Å². The van der Waals surface area contributed by atoms with Gasteiger partial charge in [-0.3, -0.25) is 0 Å². The van der Waals surface area contributed by atoms with E-state index in [2.05, 4.69) is 10.1 Å². The number of hydrogen-bond acceptors (Lipinski definition) is 4. The number of hydrogen-bond donors (Lipinski definition) is 3. The van der Waals surface area contributed by atoms with Crippen LogP contribution in [0.2, 0.25) is 0 Å². The predicted molar refractivity (Wildman–Crippen MR) is 25.3 cm³/mol. The first-order chi connectivity index (χ1) is 3.81. The highest BCUT2D eigenvalue weighted by Gasteiger charge is 1.91. The second kappa shape index (κ2) is 4.35. The Hall–Kier alpha value is -0.810. The van der Waals surface area contributed by atoms with Gasteiger partial charge >= 0.3 is 6.09 Å². The summed E-state index contributed by atoms with van der Waals surface area (Å²) in [5.41, 5.74) is 1.72. The molecule has 3 N–H and O–H groups in total. The topological polar surface area (TPSA) is 70.6 Å². The Morgan fingerprint density at radius 3 is 2.88 bits per heavy atom. The molecule has 5 nitrogen and oxygen atoms in total. The number of methoxy groups -OCH3 is 1. The molecule has 0 bridgehead atoms. The SMILES string of the molecule is COC(=O)NCNO. The van der Waals surface area contributed by atoms with Crippen molar-refractivity contribution >= 4 is 6.09 Å². The van der Waals surface area contributed by atoms with Gasteiger partial charge in [0.1, 0.15) is 0 Å². The van der Waals surface area contributed by atoms with Gasteiger partial charge in [-0.2, -0.15) is 5.48 Å². The minimum absolute atomic E-state index is 0.00727. The first-order valence-corrected chi connectivity index (χ1v) is 2.00. The quantitative estimate of drug-likeness (QED) is 0.332. The van der Waals surface area contributed by atoms with Gasteiger partial charge in [-0.1, -0.05) is 0 Å². The maximum absolute atomic E-state index is 10.1. The second-order valence-corrected chi connectivity index (χ2v) is 1.00. The lowest BCUT2D eigenvalue weighted by Crippen LogP contribution is -2.31. The van der Waals surface area contributed by atoms with Crippen LogP contribution in [0.4, 0.5) is 4.79 Å². The minimum Gasteiger partial charge on any atom is -0.453 e. The van der Waals surface area contributed by atoms with E-state index in [9.17, 15) is 4.79 Å². The highest BCUT2D eigenvalue weighted by atomic mass is 16.5. The smallest absolute Gasteiger partial charge is 0.407 e. The minimum atomic E-state index is -0.577. The van der Waals surface area contributed by atoms with Crippen molar-refractivity contribution in [3.63, 3.8) is 0 Å². The molecule has 0 atom stereocenters. The molecule has 0 aliphatic rings. The van der Waals surface area contributed by atoms with Crippen molar-refractivity contribution in [2.45, 2.75) is 0 Å². The van der Waals surface area contributed by atoms with Crippen LogP contribution in [0.5, 0.6) is 0 Å².